The van der Waals surface area contributed by atoms with E-state index in [4.69, 9.17) is 9.84 Å². The molecule has 1 aliphatic heterocycles. The van der Waals surface area contributed by atoms with Crippen LogP contribution in [0.15, 0.2) is 4.99 Å². The number of hydrogen-bond donors (Lipinski definition) is 1. The topological polar surface area (TPSA) is 41.8 Å². The van der Waals surface area contributed by atoms with Gasteiger partial charge in [-0.2, -0.15) is 0 Å². The molecule has 0 amide bonds. The van der Waals surface area contributed by atoms with Crippen LogP contribution in [0.3, 0.4) is 0 Å². The number of hydrogen-bond acceptors (Lipinski definition) is 3. The average Bonchev–Trinajstić information content (AvgIpc) is 3.06. The lowest BCUT2D eigenvalue weighted by Crippen LogP contribution is -2.10. The Hall–Kier alpha value is -0.570. The minimum atomic E-state index is -0.00339. The minimum absolute atomic E-state index is 0.00339. The van der Waals surface area contributed by atoms with Crippen LogP contribution in [0.25, 0.3) is 0 Å². The highest BCUT2D eigenvalue weighted by Crippen LogP contribution is 2.15. The summed E-state index contributed by atoms with van der Waals surface area (Å²) < 4.78 is 5.47. The highest BCUT2D eigenvalue weighted by atomic mass is 16.5. The molecule has 0 aliphatic carbocycles. The molecular formula is C21H41NO2. The molecule has 0 radical (unpaired) electrons. The van der Waals surface area contributed by atoms with Crippen LogP contribution in [-0.2, 0) is 4.74 Å². The van der Waals surface area contributed by atoms with Crippen molar-refractivity contribution in [1.29, 1.82) is 0 Å². The van der Waals surface area contributed by atoms with E-state index in [0.717, 1.165) is 12.3 Å². The quantitative estimate of drug-likeness (QED) is 0.328. The van der Waals surface area contributed by atoms with Crippen LogP contribution in [0.5, 0.6) is 0 Å². The fourth-order valence-electron chi connectivity index (χ4n) is 3.35. The molecule has 3 heteroatoms. The zero-order chi connectivity index (χ0) is 17.3. The molecule has 3 nitrogen and oxygen atoms in total. The van der Waals surface area contributed by atoms with Gasteiger partial charge in [-0.05, 0) is 6.42 Å². The fraction of sp³-hybridized carbons (Fsp3) is 0.952. The number of aliphatic hydroxyl groups excluding tert-OH is 1. The van der Waals surface area contributed by atoms with E-state index in [1.165, 1.54) is 96.3 Å². The number of aliphatic imine (C=N–C) groups is 1. The Morgan fingerprint density at radius 3 is 1.67 bits per heavy atom. The third kappa shape index (κ3) is 11.9. The van der Waals surface area contributed by atoms with Gasteiger partial charge in [-0.1, -0.05) is 96.8 Å². The van der Waals surface area contributed by atoms with Gasteiger partial charge in [0.05, 0.1) is 6.61 Å². The van der Waals surface area contributed by atoms with Crippen LogP contribution in [0.1, 0.15) is 110 Å². The van der Waals surface area contributed by atoms with Crippen molar-refractivity contribution in [3.63, 3.8) is 0 Å². The molecule has 1 unspecified atom stereocenters. The summed E-state index contributed by atoms with van der Waals surface area (Å²) in [4.78, 5) is 4.35. The van der Waals surface area contributed by atoms with E-state index in [1.807, 2.05) is 0 Å². The molecule has 1 rings (SSSR count). The molecule has 1 heterocycles. The fourth-order valence-corrected chi connectivity index (χ4v) is 3.35. The molecule has 0 saturated heterocycles. The predicted molar refractivity (Wildman–Crippen MR) is 104 cm³/mol. The van der Waals surface area contributed by atoms with Crippen LogP contribution < -0.4 is 0 Å². The third-order valence-electron chi connectivity index (χ3n) is 4.97. The number of nitrogens with zero attached hydrogens (tertiary/aromatic N) is 1. The summed E-state index contributed by atoms with van der Waals surface area (Å²) >= 11 is 0. The summed E-state index contributed by atoms with van der Waals surface area (Å²) in [6.45, 7) is 2.97. The van der Waals surface area contributed by atoms with Gasteiger partial charge in [0, 0.05) is 6.42 Å². The molecule has 0 aromatic carbocycles. The van der Waals surface area contributed by atoms with Crippen molar-refractivity contribution in [2.24, 2.45) is 4.99 Å². The summed E-state index contributed by atoms with van der Waals surface area (Å²) in [5, 5.41) is 9.00. The number of rotatable bonds is 17. The molecule has 0 bridgehead atoms. The molecule has 0 saturated carbocycles. The monoisotopic (exact) mass is 339 g/mol. The maximum Gasteiger partial charge on any atom is 0.183 e. The first-order chi connectivity index (χ1) is 11.9. The zero-order valence-corrected chi connectivity index (χ0v) is 16.1. The van der Waals surface area contributed by atoms with Crippen LogP contribution in [-0.4, -0.2) is 30.3 Å². The Labute approximate surface area is 150 Å². The molecule has 1 N–H and O–H groups in total. The zero-order valence-electron chi connectivity index (χ0n) is 16.1. The number of aliphatic hydroxyl groups is 1. The Kier molecular flexibility index (Phi) is 14.3. The predicted octanol–water partition coefficient (Wildman–Crippen LogP) is 6.04. The number of unbranched alkanes of at least 4 members (excludes halogenated alkanes) is 14. The van der Waals surface area contributed by atoms with Crippen molar-refractivity contribution in [1.82, 2.24) is 0 Å². The second-order valence-electron chi connectivity index (χ2n) is 7.37. The Morgan fingerprint density at radius 2 is 1.25 bits per heavy atom. The minimum Gasteiger partial charge on any atom is -0.479 e. The van der Waals surface area contributed by atoms with E-state index in [1.54, 1.807) is 0 Å². The molecule has 0 aromatic rings. The summed E-state index contributed by atoms with van der Waals surface area (Å²) in [5.74, 6) is 0.865. The van der Waals surface area contributed by atoms with Gasteiger partial charge in [-0.15, -0.1) is 0 Å². The molecule has 0 spiro atoms. The van der Waals surface area contributed by atoms with Gasteiger partial charge in [0.1, 0.15) is 12.6 Å². The van der Waals surface area contributed by atoms with Gasteiger partial charge in [0.15, 0.2) is 5.90 Å². The molecule has 24 heavy (non-hydrogen) atoms. The highest BCUT2D eigenvalue weighted by Gasteiger charge is 2.16. The SMILES string of the molecule is CCCCCCCCCCCCCCCCCC1=NC(CO)CO1. The van der Waals surface area contributed by atoms with Crippen molar-refractivity contribution in [2.75, 3.05) is 13.2 Å². The van der Waals surface area contributed by atoms with E-state index >= 15 is 0 Å². The van der Waals surface area contributed by atoms with Crippen LogP contribution in [0.4, 0.5) is 0 Å². The summed E-state index contributed by atoms with van der Waals surface area (Å²) in [7, 11) is 0. The second kappa shape index (κ2) is 15.9. The normalized spacial score (nSPS) is 17.1. The maximum atomic E-state index is 9.00. The van der Waals surface area contributed by atoms with Crippen molar-refractivity contribution in [3.8, 4) is 0 Å². The molecular weight excluding hydrogens is 298 g/mol. The van der Waals surface area contributed by atoms with Crippen LogP contribution >= 0.6 is 0 Å². The van der Waals surface area contributed by atoms with E-state index < -0.39 is 0 Å². The van der Waals surface area contributed by atoms with Gasteiger partial charge in [-0.25, -0.2) is 4.99 Å². The van der Waals surface area contributed by atoms with Gasteiger partial charge < -0.3 is 9.84 Å². The summed E-state index contributed by atoms with van der Waals surface area (Å²) in [5.41, 5.74) is 0. The molecule has 1 aliphatic rings. The van der Waals surface area contributed by atoms with Crippen LogP contribution in [0, 0.1) is 0 Å². The highest BCUT2D eigenvalue weighted by molar-refractivity contribution is 5.77. The second-order valence-corrected chi connectivity index (χ2v) is 7.37. The summed E-state index contributed by atoms with van der Waals surface area (Å²) in [6.07, 6.45) is 21.8. The van der Waals surface area contributed by atoms with Crippen molar-refractivity contribution in [3.05, 3.63) is 0 Å². The smallest absolute Gasteiger partial charge is 0.183 e. The Balaban J connectivity index is 1.72. The lowest BCUT2D eigenvalue weighted by molar-refractivity contribution is 0.226. The van der Waals surface area contributed by atoms with Gasteiger partial charge in [-0.3, -0.25) is 0 Å². The third-order valence-corrected chi connectivity index (χ3v) is 4.97. The van der Waals surface area contributed by atoms with Crippen molar-refractivity contribution < 1.29 is 9.84 Å². The first-order valence-electron chi connectivity index (χ1n) is 10.7. The molecule has 142 valence electrons. The maximum absolute atomic E-state index is 9.00. The average molecular weight is 340 g/mol. The van der Waals surface area contributed by atoms with Gasteiger partial charge in [0.2, 0.25) is 0 Å². The van der Waals surface area contributed by atoms with E-state index in [-0.39, 0.29) is 12.6 Å². The first-order valence-corrected chi connectivity index (χ1v) is 10.7. The number of ether oxygens (including phenoxy) is 1. The van der Waals surface area contributed by atoms with Crippen molar-refractivity contribution >= 4 is 5.90 Å². The van der Waals surface area contributed by atoms with E-state index in [9.17, 15) is 0 Å². The van der Waals surface area contributed by atoms with Crippen LogP contribution in [0.2, 0.25) is 0 Å². The van der Waals surface area contributed by atoms with E-state index in [2.05, 4.69) is 11.9 Å². The summed E-state index contributed by atoms with van der Waals surface area (Å²) in [6, 6.07) is -0.00339. The first kappa shape index (κ1) is 21.5. The molecule has 1 atom stereocenters. The van der Waals surface area contributed by atoms with Gasteiger partial charge in [0.25, 0.3) is 0 Å². The van der Waals surface area contributed by atoms with E-state index in [0.29, 0.717) is 6.61 Å². The lowest BCUT2D eigenvalue weighted by Gasteiger charge is -2.04. The largest absolute Gasteiger partial charge is 0.479 e. The Morgan fingerprint density at radius 1 is 0.792 bits per heavy atom. The van der Waals surface area contributed by atoms with Crippen molar-refractivity contribution in [2.45, 2.75) is 116 Å². The standard InChI is InChI=1S/C21H41NO2/c1-2-3-4-5-6-7-8-9-10-11-12-13-14-15-16-17-21-22-20(18-23)19-24-21/h20,23H,2-19H2,1H3. The Bertz CT molecular complexity index is 304. The molecule has 0 fully saturated rings. The molecule has 0 aromatic heterocycles. The lowest BCUT2D eigenvalue weighted by atomic mass is 10.0. The van der Waals surface area contributed by atoms with Gasteiger partial charge >= 0.3 is 0 Å².